The van der Waals surface area contributed by atoms with E-state index in [0.29, 0.717) is 6.54 Å². The second kappa shape index (κ2) is 4.77. The van der Waals surface area contributed by atoms with Crippen LogP contribution in [0, 0.1) is 0 Å². The molecule has 0 aromatic carbocycles. The number of aliphatic hydroxyl groups excluding tert-OH is 1. The van der Waals surface area contributed by atoms with Gasteiger partial charge in [0.1, 0.15) is 6.67 Å². The summed E-state index contributed by atoms with van der Waals surface area (Å²) < 4.78 is 12.0. The van der Waals surface area contributed by atoms with Crippen molar-refractivity contribution in [2.24, 2.45) is 0 Å². The minimum Gasteiger partial charge on any atom is -0.391 e. The molecule has 1 aliphatic carbocycles. The van der Waals surface area contributed by atoms with Crippen LogP contribution in [0.4, 0.5) is 4.39 Å². The second-order valence-corrected chi connectivity index (χ2v) is 3.59. The molecule has 1 rings (SSSR count). The fourth-order valence-corrected chi connectivity index (χ4v) is 1.90. The van der Waals surface area contributed by atoms with Gasteiger partial charge in [0.15, 0.2) is 0 Å². The zero-order chi connectivity index (χ0) is 8.97. The molecule has 0 saturated heterocycles. The number of hydrogen-bond acceptors (Lipinski definition) is 2. The van der Waals surface area contributed by atoms with Crippen molar-refractivity contribution >= 4 is 0 Å². The maximum atomic E-state index is 12.0. The molecule has 0 heterocycles. The Bertz CT molecular complexity index is 132. The van der Waals surface area contributed by atoms with E-state index in [9.17, 15) is 9.50 Å². The summed E-state index contributed by atoms with van der Waals surface area (Å²) in [6, 6.07) is 0.189. The molecule has 0 spiro atoms. The van der Waals surface area contributed by atoms with Crippen molar-refractivity contribution < 1.29 is 9.50 Å². The molecule has 0 aromatic rings. The summed E-state index contributed by atoms with van der Waals surface area (Å²) in [4.78, 5) is 1.93. The Labute approximate surface area is 73.4 Å². The Morgan fingerprint density at radius 2 is 2.08 bits per heavy atom. The first-order valence-electron chi connectivity index (χ1n) is 4.70. The lowest BCUT2D eigenvalue weighted by Gasteiger charge is -2.34. The summed E-state index contributed by atoms with van der Waals surface area (Å²) in [5.74, 6) is 0. The molecule has 0 radical (unpaired) electrons. The lowest BCUT2D eigenvalue weighted by atomic mass is 9.92. The second-order valence-electron chi connectivity index (χ2n) is 3.59. The van der Waals surface area contributed by atoms with Crippen LogP contribution in [0.5, 0.6) is 0 Å². The van der Waals surface area contributed by atoms with Gasteiger partial charge in [-0.25, -0.2) is 4.39 Å². The topological polar surface area (TPSA) is 23.5 Å². The highest BCUT2D eigenvalue weighted by molar-refractivity contribution is 4.81. The predicted octanol–water partition coefficient (Wildman–Crippen LogP) is 1.19. The van der Waals surface area contributed by atoms with Gasteiger partial charge >= 0.3 is 0 Å². The Hall–Kier alpha value is -0.150. The van der Waals surface area contributed by atoms with E-state index in [2.05, 4.69) is 0 Å². The lowest BCUT2D eigenvalue weighted by molar-refractivity contribution is 0.0301. The molecule has 1 N–H and O–H groups in total. The standard InChI is InChI=1S/C9H18FNO/c1-11(7-6-10)8-4-2-3-5-9(8)12/h8-9,12H,2-7H2,1H3/t8-,9-/m1/s1. The predicted molar refractivity (Wildman–Crippen MR) is 46.9 cm³/mol. The maximum absolute atomic E-state index is 12.0. The highest BCUT2D eigenvalue weighted by atomic mass is 19.1. The number of likely N-dealkylation sites (N-methyl/N-ethyl adjacent to an activating group) is 1. The average molecular weight is 175 g/mol. The molecule has 1 saturated carbocycles. The third kappa shape index (κ3) is 2.42. The van der Waals surface area contributed by atoms with Crippen molar-refractivity contribution in [3.8, 4) is 0 Å². The molecule has 1 fully saturated rings. The van der Waals surface area contributed by atoms with Gasteiger partial charge in [-0.15, -0.1) is 0 Å². The number of aliphatic hydroxyl groups is 1. The van der Waals surface area contributed by atoms with Gasteiger partial charge in [-0.2, -0.15) is 0 Å². The van der Waals surface area contributed by atoms with Crippen LogP contribution in [0.3, 0.4) is 0 Å². The van der Waals surface area contributed by atoms with Crippen LogP contribution in [-0.4, -0.2) is 42.4 Å². The minimum absolute atomic E-state index is 0.189. The van der Waals surface area contributed by atoms with Crippen LogP contribution in [-0.2, 0) is 0 Å². The summed E-state index contributed by atoms with van der Waals surface area (Å²) in [6.07, 6.45) is 3.92. The molecule has 2 atom stereocenters. The van der Waals surface area contributed by atoms with Crippen molar-refractivity contribution in [1.82, 2.24) is 4.90 Å². The summed E-state index contributed by atoms with van der Waals surface area (Å²) in [6.45, 7) is 0.126. The van der Waals surface area contributed by atoms with Gasteiger partial charge in [-0.3, -0.25) is 4.90 Å². The zero-order valence-corrected chi connectivity index (χ0v) is 7.67. The van der Waals surface area contributed by atoms with Gasteiger partial charge in [-0.1, -0.05) is 12.8 Å². The normalized spacial score (nSPS) is 31.0. The number of hydrogen-bond donors (Lipinski definition) is 1. The quantitative estimate of drug-likeness (QED) is 0.696. The molecule has 0 aliphatic heterocycles. The molecule has 12 heavy (non-hydrogen) atoms. The van der Waals surface area contributed by atoms with Crippen molar-refractivity contribution in [3.05, 3.63) is 0 Å². The first kappa shape index (κ1) is 9.93. The minimum atomic E-state index is -0.320. The highest BCUT2D eigenvalue weighted by Crippen LogP contribution is 2.21. The van der Waals surface area contributed by atoms with Crippen molar-refractivity contribution in [1.29, 1.82) is 0 Å². The zero-order valence-electron chi connectivity index (χ0n) is 7.67. The molecule has 72 valence electrons. The summed E-state index contributed by atoms with van der Waals surface area (Å²) in [7, 11) is 1.89. The number of halogens is 1. The third-order valence-electron chi connectivity index (χ3n) is 2.70. The fraction of sp³-hybridized carbons (Fsp3) is 1.00. The summed E-state index contributed by atoms with van der Waals surface area (Å²) in [5.41, 5.74) is 0. The first-order chi connectivity index (χ1) is 5.75. The molecule has 1 aliphatic rings. The summed E-state index contributed by atoms with van der Waals surface area (Å²) in [5, 5.41) is 9.60. The van der Waals surface area contributed by atoms with Crippen molar-refractivity contribution in [2.45, 2.75) is 37.8 Å². The van der Waals surface area contributed by atoms with Crippen LogP contribution in [0.15, 0.2) is 0 Å². The monoisotopic (exact) mass is 175 g/mol. The van der Waals surface area contributed by atoms with Crippen LogP contribution in [0.1, 0.15) is 25.7 Å². The number of alkyl halides is 1. The largest absolute Gasteiger partial charge is 0.391 e. The van der Waals surface area contributed by atoms with Crippen LogP contribution >= 0.6 is 0 Å². The number of rotatable bonds is 3. The smallest absolute Gasteiger partial charge is 0.102 e. The fourth-order valence-electron chi connectivity index (χ4n) is 1.90. The molecule has 2 nitrogen and oxygen atoms in total. The Balaban J connectivity index is 2.36. The van der Waals surface area contributed by atoms with Crippen molar-refractivity contribution in [3.63, 3.8) is 0 Å². The molecule has 0 unspecified atom stereocenters. The van der Waals surface area contributed by atoms with E-state index < -0.39 is 0 Å². The maximum Gasteiger partial charge on any atom is 0.102 e. The summed E-state index contributed by atoms with van der Waals surface area (Å²) >= 11 is 0. The van der Waals surface area contributed by atoms with E-state index in [1.807, 2.05) is 11.9 Å². The van der Waals surface area contributed by atoms with Gasteiger partial charge in [0.05, 0.1) is 6.10 Å². The third-order valence-corrected chi connectivity index (χ3v) is 2.70. The molecule has 0 bridgehead atoms. The van der Waals surface area contributed by atoms with Crippen molar-refractivity contribution in [2.75, 3.05) is 20.3 Å². The van der Waals surface area contributed by atoms with Gasteiger partial charge in [0, 0.05) is 12.6 Å². The molecular formula is C9H18FNO. The van der Waals surface area contributed by atoms with E-state index in [-0.39, 0.29) is 18.8 Å². The van der Waals surface area contributed by atoms with Gasteiger partial charge in [0.25, 0.3) is 0 Å². The first-order valence-corrected chi connectivity index (χ1v) is 4.70. The molecular weight excluding hydrogens is 157 g/mol. The van der Waals surface area contributed by atoms with Crippen LogP contribution < -0.4 is 0 Å². The average Bonchev–Trinajstić information content (AvgIpc) is 2.05. The van der Waals surface area contributed by atoms with E-state index in [0.717, 1.165) is 19.3 Å². The Kier molecular flexibility index (Phi) is 3.95. The highest BCUT2D eigenvalue weighted by Gasteiger charge is 2.25. The molecule has 3 heteroatoms. The van der Waals surface area contributed by atoms with Gasteiger partial charge in [-0.05, 0) is 19.9 Å². The lowest BCUT2D eigenvalue weighted by Crippen LogP contribution is -2.44. The Morgan fingerprint density at radius 3 is 2.67 bits per heavy atom. The van der Waals surface area contributed by atoms with Crippen LogP contribution in [0.25, 0.3) is 0 Å². The van der Waals surface area contributed by atoms with Gasteiger partial charge < -0.3 is 5.11 Å². The van der Waals surface area contributed by atoms with E-state index >= 15 is 0 Å². The van der Waals surface area contributed by atoms with Crippen LogP contribution in [0.2, 0.25) is 0 Å². The molecule has 0 aromatic heterocycles. The van der Waals surface area contributed by atoms with E-state index in [4.69, 9.17) is 0 Å². The SMILES string of the molecule is CN(CCF)[C@@H]1CCCC[C@H]1O. The molecule has 0 amide bonds. The number of nitrogens with zero attached hydrogens (tertiary/aromatic N) is 1. The van der Waals surface area contributed by atoms with E-state index in [1.54, 1.807) is 0 Å². The van der Waals surface area contributed by atoms with E-state index in [1.165, 1.54) is 6.42 Å². The Morgan fingerprint density at radius 1 is 1.42 bits per heavy atom. The van der Waals surface area contributed by atoms with Gasteiger partial charge in [0.2, 0.25) is 0 Å².